The van der Waals surface area contributed by atoms with E-state index in [0.717, 1.165) is 5.39 Å². The summed E-state index contributed by atoms with van der Waals surface area (Å²) in [6.45, 7) is 2.00. The van der Waals surface area contributed by atoms with Gasteiger partial charge in [0, 0.05) is 11.5 Å². The number of rotatable bonds is 0. The van der Waals surface area contributed by atoms with Gasteiger partial charge in [-0.2, -0.15) is 0 Å². The minimum Gasteiger partial charge on any atom is -0.423 e. The molecule has 0 aliphatic heterocycles. The molecule has 13 heavy (non-hydrogen) atoms. The highest BCUT2D eigenvalue weighted by Crippen LogP contribution is 2.08. The van der Waals surface area contributed by atoms with Gasteiger partial charge in [-0.15, -0.1) is 0 Å². The lowest BCUT2D eigenvalue weighted by molar-refractivity contribution is -0.0979. The number of hydrogen-bond acceptors (Lipinski definition) is 3. The highest BCUT2D eigenvalue weighted by Gasteiger charge is 1.92. The lowest BCUT2D eigenvalue weighted by Gasteiger charge is -1.91. The largest absolute Gasteiger partial charge is 0.423 e. The molecule has 0 amide bonds. The maximum Gasteiger partial charge on any atom is 0.336 e. The summed E-state index contributed by atoms with van der Waals surface area (Å²) in [5, 5.41) is 0.951. The Bertz CT molecular complexity index is 445. The summed E-state index contributed by atoms with van der Waals surface area (Å²) < 4.78 is 4.91. The molecule has 3 nitrogen and oxygen atoms in total. The Kier molecular flexibility index (Phi) is 2.97. The first-order valence-corrected chi connectivity index (χ1v) is 3.64. The summed E-state index contributed by atoms with van der Waals surface area (Å²) in [6.07, 6.45) is 0. The average Bonchev–Trinajstić information content (AvgIpc) is 2.21. The molecule has 2 aromatic rings. The Hall–Kier alpha value is -1.90. The van der Waals surface area contributed by atoms with Crippen molar-refractivity contribution in [2.45, 2.75) is 0 Å². The fourth-order valence-electron chi connectivity index (χ4n) is 1.01. The monoisotopic (exact) mass is 176 g/mol. The van der Waals surface area contributed by atoms with Gasteiger partial charge in [-0.1, -0.05) is 18.2 Å². The van der Waals surface area contributed by atoms with Crippen molar-refractivity contribution in [3.05, 3.63) is 46.8 Å². The van der Waals surface area contributed by atoms with Crippen molar-refractivity contribution in [3.8, 4) is 0 Å². The highest BCUT2D eigenvalue weighted by atomic mass is 16.4. The molecule has 0 aliphatic rings. The quantitative estimate of drug-likeness (QED) is 0.573. The Labute approximate surface area is 74.6 Å². The van der Waals surface area contributed by atoms with E-state index in [4.69, 9.17) is 9.21 Å². The van der Waals surface area contributed by atoms with Crippen LogP contribution in [0.3, 0.4) is 0 Å². The van der Waals surface area contributed by atoms with E-state index in [9.17, 15) is 4.79 Å². The zero-order valence-electron chi connectivity index (χ0n) is 6.90. The zero-order chi connectivity index (χ0) is 9.68. The van der Waals surface area contributed by atoms with E-state index in [1.165, 1.54) is 6.07 Å². The molecule has 1 aromatic carbocycles. The maximum atomic E-state index is 10.7. The summed E-state index contributed by atoms with van der Waals surface area (Å²) in [5.41, 5.74) is 0.337. The van der Waals surface area contributed by atoms with E-state index in [1.807, 2.05) is 25.0 Å². The second kappa shape index (κ2) is 4.21. The molecular formula is C10H8O3. The van der Waals surface area contributed by atoms with Crippen molar-refractivity contribution >= 4 is 17.8 Å². The van der Waals surface area contributed by atoms with Gasteiger partial charge in [0.15, 0.2) is 0 Å². The molecule has 0 fully saturated rings. The van der Waals surface area contributed by atoms with Gasteiger partial charge in [0.25, 0.3) is 0 Å². The third-order valence-electron chi connectivity index (χ3n) is 1.53. The number of carbonyl (C=O) groups excluding carboxylic acids is 1. The van der Waals surface area contributed by atoms with Crippen molar-refractivity contribution in [3.63, 3.8) is 0 Å². The molecule has 66 valence electrons. The van der Waals surface area contributed by atoms with Crippen molar-refractivity contribution < 1.29 is 9.21 Å². The van der Waals surface area contributed by atoms with Crippen LogP contribution in [0, 0.1) is 0 Å². The first-order chi connectivity index (χ1) is 6.36. The zero-order valence-corrected chi connectivity index (χ0v) is 6.90. The summed E-state index contributed by atoms with van der Waals surface area (Å²) in [5.74, 6) is 0. The molecule has 0 saturated carbocycles. The normalized spacial score (nSPS) is 8.92. The van der Waals surface area contributed by atoms with Crippen LogP contribution >= 0.6 is 0 Å². The van der Waals surface area contributed by atoms with Gasteiger partial charge >= 0.3 is 5.63 Å². The lowest BCUT2D eigenvalue weighted by Crippen LogP contribution is -1.93. The van der Waals surface area contributed by atoms with E-state index in [-0.39, 0.29) is 5.63 Å². The van der Waals surface area contributed by atoms with Gasteiger partial charge in [0.2, 0.25) is 0 Å². The summed E-state index contributed by atoms with van der Waals surface area (Å²) in [6, 6.07) is 10.6. The molecule has 3 heteroatoms. The van der Waals surface area contributed by atoms with Crippen molar-refractivity contribution in [2.24, 2.45) is 0 Å². The van der Waals surface area contributed by atoms with E-state index >= 15 is 0 Å². The Morgan fingerprint density at radius 1 is 1.00 bits per heavy atom. The van der Waals surface area contributed by atoms with Crippen LogP contribution < -0.4 is 5.63 Å². The Morgan fingerprint density at radius 3 is 2.46 bits per heavy atom. The second-order valence-electron chi connectivity index (χ2n) is 2.29. The number of hydrogen-bond donors (Lipinski definition) is 0. The van der Waals surface area contributed by atoms with E-state index in [0.29, 0.717) is 5.58 Å². The highest BCUT2D eigenvalue weighted by molar-refractivity contribution is 5.75. The molecule has 0 radical (unpaired) electrons. The third kappa shape index (κ3) is 2.02. The van der Waals surface area contributed by atoms with Crippen molar-refractivity contribution in [1.82, 2.24) is 0 Å². The van der Waals surface area contributed by atoms with Gasteiger partial charge in [0.1, 0.15) is 12.4 Å². The van der Waals surface area contributed by atoms with Crippen LogP contribution in [0.4, 0.5) is 0 Å². The van der Waals surface area contributed by atoms with Gasteiger partial charge in [-0.3, -0.25) is 0 Å². The number of para-hydroxylation sites is 1. The van der Waals surface area contributed by atoms with Gasteiger partial charge in [-0.05, 0) is 12.1 Å². The molecular weight excluding hydrogens is 168 g/mol. The van der Waals surface area contributed by atoms with Gasteiger partial charge in [0.05, 0.1) is 0 Å². The van der Waals surface area contributed by atoms with Crippen LogP contribution in [0.25, 0.3) is 11.0 Å². The molecule has 0 spiro atoms. The predicted octanol–water partition coefficient (Wildman–Crippen LogP) is 1.61. The standard InChI is InChI=1S/C9H6O2.CH2O/c10-9-6-5-7-3-1-2-4-8(7)11-9;1-2/h1-6H;1H2. The number of benzene rings is 1. The van der Waals surface area contributed by atoms with Gasteiger partial charge in [-0.25, -0.2) is 4.79 Å². The summed E-state index contributed by atoms with van der Waals surface area (Å²) in [4.78, 5) is 18.7. The topological polar surface area (TPSA) is 47.3 Å². The summed E-state index contributed by atoms with van der Waals surface area (Å²) in [7, 11) is 0. The first-order valence-electron chi connectivity index (χ1n) is 3.64. The molecule has 1 aromatic heterocycles. The van der Waals surface area contributed by atoms with Crippen molar-refractivity contribution in [2.75, 3.05) is 0 Å². The van der Waals surface area contributed by atoms with E-state index in [1.54, 1.807) is 12.1 Å². The predicted molar refractivity (Wildman–Crippen MR) is 49.6 cm³/mol. The Balaban J connectivity index is 0.000000396. The van der Waals surface area contributed by atoms with E-state index in [2.05, 4.69) is 0 Å². The van der Waals surface area contributed by atoms with Crippen LogP contribution in [0.1, 0.15) is 0 Å². The summed E-state index contributed by atoms with van der Waals surface area (Å²) >= 11 is 0. The molecule has 0 atom stereocenters. The first kappa shape index (κ1) is 9.19. The van der Waals surface area contributed by atoms with Gasteiger partial charge < -0.3 is 9.21 Å². The SMILES string of the molecule is C=O.O=c1ccc2ccccc2o1. The van der Waals surface area contributed by atoms with Crippen LogP contribution in [0.5, 0.6) is 0 Å². The minimum absolute atomic E-state index is 0.302. The average molecular weight is 176 g/mol. The molecule has 0 N–H and O–H groups in total. The molecule has 0 saturated heterocycles. The fourth-order valence-corrected chi connectivity index (χ4v) is 1.01. The third-order valence-corrected chi connectivity index (χ3v) is 1.53. The van der Waals surface area contributed by atoms with Crippen molar-refractivity contribution in [1.29, 1.82) is 0 Å². The Morgan fingerprint density at radius 2 is 1.69 bits per heavy atom. The fraction of sp³-hybridized carbons (Fsp3) is 0. The van der Waals surface area contributed by atoms with Crippen LogP contribution in [0.15, 0.2) is 45.6 Å². The molecule has 0 bridgehead atoms. The second-order valence-corrected chi connectivity index (χ2v) is 2.29. The minimum atomic E-state index is -0.302. The molecule has 1 heterocycles. The maximum absolute atomic E-state index is 10.7. The van der Waals surface area contributed by atoms with E-state index < -0.39 is 0 Å². The number of fused-ring (bicyclic) bond motifs is 1. The van der Waals surface area contributed by atoms with Crippen LogP contribution in [-0.2, 0) is 4.79 Å². The number of carbonyl (C=O) groups is 1. The smallest absolute Gasteiger partial charge is 0.336 e. The molecule has 2 rings (SSSR count). The van der Waals surface area contributed by atoms with Crippen LogP contribution in [-0.4, -0.2) is 6.79 Å². The molecule has 0 aliphatic carbocycles. The molecule has 0 unspecified atom stereocenters. The lowest BCUT2D eigenvalue weighted by atomic mass is 10.2. The van der Waals surface area contributed by atoms with Crippen LogP contribution in [0.2, 0.25) is 0 Å².